The maximum absolute atomic E-state index is 13.7. The van der Waals surface area contributed by atoms with Gasteiger partial charge in [-0.15, -0.1) is 0 Å². The quantitative estimate of drug-likeness (QED) is 0.630. The topological polar surface area (TPSA) is 58.1 Å². The van der Waals surface area contributed by atoms with Crippen LogP contribution in [0.3, 0.4) is 0 Å². The number of piperidine rings is 1. The standard InChI is InChI=1S/C21H18F4N4O/c22-14-7-9-15(10-8-14)26-20(30)13-4-3-11-29(12-13)19-18(21(23,24)25)27-16-5-1-2-6-17(16)28-19/h1-2,5-10,13H,3-4,11-12H2,(H,26,30). The first-order valence-electron chi connectivity index (χ1n) is 9.46. The zero-order chi connectivity index (χ0) is 21.3. The lowest BCUT2D eigenvalue weighted by molar-refractivity contribution is -0.140. The normalized spacial score (nSPS) is 17.2. The molecule has 1 fully saturated rings. The molecule has 4 rings (SSSR count). The van der Waals surface area contributed by atoms with Gasteiger partial charge in [-0.05, 0) is 49.2 Å². The van der Waals surface area contributed by atoms with Crippen molar-refractivity contribution in [2.45, 2.75) is 19.0 Å². The van der Waals surface area contributed by atoms with Crippen LogP contribution in [-0.4, -0.2) is 29.0 Å². The van der Waals surface area contributed by atoms with Gasteiger partial charge in [-0.2, -0.15) is 13.2 Å². The molecule has 1 unspecified atom stereocenters. The second-order valence-corrected chi connectivity index (χ2v) is 7.16. The molecule has 1 atom stereocenters. The first-order valence-corrected chi connectivity index (χ1v) is 9.46. The fourth-order valence-electron chi connectivity index (χ4n) is 3.56. The molecule has 1 aliphatic heterocycles. The number of halogens is 4. The molecule has 0 bridgehead atoms. The van der Waals surface area contributed by atoms with E-state index in [0.29, 0.717) is 30.6 Å². The molecule has 156 valence electrons. The van der Waals surface area contributed by atoms with Crippen molar-refractivity contribution in [2.24, 2.45) is 5.92 Å². The summed E-state index contributed by atoms with van der Waals surface area (Å²) in [5.41, 5.74) is -0.102. The summed E-state index contributed by atoms with van der Waals surface area (Å²) in [6, 6.07) is 11.7. The second-order valence-electron chi connectivity index (χ2n) is 7.16. The predicted octanol–water partition coefficient (Wildman–Crippen LogP) is 4.64. The highest BCUT2D eigenvalue weighted by atomic mass is 19.4. The first kappa shape index (κ1) is 20.1. The minimum Gasteiger partial charge on any atom is -0.354 e. The highest BCUT2D eigenvalue weighted by Crippen LogP contribution is 2.36. The Bertz CT molecular complexity index is 1070. The summed E-state index contributed by atoms with van der Waals surface area (Å²) in [6.07, 6.45) is -3.60. The molecule has 9 heteroatoms. The molecule has 2 aromatic carbocycles. The number of benzene rings is 2. The lowest BCUT2D eigenvalue weighted by Crippen LogP contribution is -2.42. The van der Waals surface area contributed by atoms with Crippen molar-refractivity contribution >= 4 is 28.4 Å². The Kier molecular flexibility index (Phi) is 5.27. The number of amides is 1. The number of anilines is 2. The summed E-state index contributed by atoms with van der Waals surface area (Å²) < 4.78 is 54.0. The number of carbonyl (C=O) groups excluding carboxylic acids is 1. The van der Waals surface area contributed by atoms with E-state index in [9.17, 15) is 22.4 Å². The van der Waals surface area contributed by atoms with Crippen LogP contribution in [0, 0.1) is 11.7 Å². The molecule has 1 aliphatic rings. The maximum Gasteiger partial charge on any atom is 0.437 e. The van der Waals surface area contributed by atoms with Crippen LogP contribution in [0.15, 0.2) is 48.5 Å². The van der Waals surface area contributed by atoms with E-state index in [2.05, 4.69) is 15.3 Å². The van der Waals surface area contributed by atoms with Crippen LogP contribution >= 0.6 is 0 Å². The van der Waals surface area contributed by atoms with Gasteiger partial charge in [0.1, 0.15) is 5.82 Å². The van der Waals surface area contributed by atoms with Crippen molar-refractivity contribution in [1.29, 1.82) is 0 Å². The van der Waals surface area contributed by atoms with Crippen LogP contribution in [0.4, 0.5) is 29.1 Å². The summed E-state index contributed by atoms with van der Waals surface area (Å²) in [6.45, 7) is 0.430. The molecule has 1 amide bonds. The van der Waals surface area contributed by atoms with Crippen LogP contribution in [-0.2, 0) is 11.0 Å². The number of rotatable bonds is 3. The van der Waals surface area contributed by atoms with E-state index in [1.165, 1.54) is 35.2 Å². The zero-order valence-corrected chi connectivity index (χ0v) is 15.8. The lowest BCUT2D eigenvalue weighted by Gasteiger charge is -2.34. The number of alkyl halides is 3. The van der Waals surface area contributed by atoms with Gasteiger partial charge in [0.25, 0.3) is 0 Å². The molecule has 1 N–H and O–H groups in total. The van der Waals surface area contributed by atoms with E-state index in [0.717, 1.165) is 0 Å². The molecule has 0 aliphatic carbocycles. The van der Waals surface area contributed by atoms with Gasteiger partial charge < -0.3 is 10.2 Å². The van der Waals surface area contributed by atoms with Crippen molar-refractivity contribution < 1.29 is 22.4 Å². The number of hydrogen-bond acceptors (Lipinski definition) is 4. The van der Waals surface area contributed by atoms with Crippen LogP contribution in [0.25, 0.3) is 11.0 Å². The molecule has 1 saturated heterocycles. The molecule has 5 nitrogen and oxygen atoms in total. The average molecular weight is 418 g/mol. The van der Waals surface area contributed by atoms with Gasteiger partial charge in [-0.1, -0.05) is 12.1 Å². The monoisotopic (exact) mass is 418 g/mol. The fourth-order valence-corrected chi connectivity index (χ4v) is 3.56. The van der Waals surface area contributed by atoms with Gasteiger partial charge in [0.2, 0.25) is 5.91 Å². The zero-order valence-electron chi connectivity index (χ0n) is 15.8. The van der Waals surface area contributed by atoms with E-state index in [1.54, 1.807) is 18.2 Å². The van der Waals surface area contributed by atoms with Gasteiger partial charge in [-0.3, -0.25) is 4.79 Å². The molecular weight excluding hydrogens is 400 g/mol. The van der Waals surface area contributed by atoms with Gasteiger partial charge in [0, 0.05) is 18.8 Å². The molecule has 1 aromatic heterocycles. The Morgan fingerprint density at radius 1 is 1.03 bits per heavy atom. The lowest BCUT2D eigenvalue weighted by atomic mass is 9.96. The van der Waals surface area contributed by atoms with Crippen molar-refractivity contribution in [3.8, 4) is 0 Å². The third kappa shape index (κ3) is 4.19. The van der Waals surface area contributed by atoms with E-state index >= 15 is 0 Å². The average Bonchev–Trinajstić information content (AvgIpc) is 2.74. The first-order chi connectivity index (χ1) is 14.3. The van der Waals surface area contributed by atoms with Gasteiger partial charge >= 0.3 is 6.18 Å². The summed E-state index contributed by atoms with van der Waals surface area (Å²) >= 11 is 0. The molecule has 3 aromatic rings. The molecule has 0 saturated carbocycles. The number of nitrogens with one attached hydrogen (secondary N) is 1. The number of fused-ring (bicyclic) bond motifs is 1. The molecular formula is C21H18F4N4O. The highest BCUT2D eigenvalue weighted by Gasteiger charge is 2.40. The van der Waals surface area contributed by atoms with Crippen molar-refractivity contribution in [1.82, 2.24) is 9.97 Å². The third-order valence-electron chi connectivity index (χ3n) is 5.02. The van der Waals surface area contributed by atoms with E-state index in [-0.39, 0.29) is 23.8 Å². The molecule has 2 heterocycles. The number of aromatic nitrogens is 2. The summed E-state index contributed by atoms with van der Waals surface area (Å²) in [4.78, 5) is 22.1. The summed E-state index contributed by atoms with van der Waals surface area (Å²) in [5, 5.41) is 2.69. The van der Waals surface area contributed by atoms with Gasteiger partial charge in [-0.25, -0.2) is 14.4 Å². The molecule has 0 spiro atoms. The number of nitrogens with zero attached hydrogens (tertiary/aromatic N) is 3. The van der Waals surface area contributed by atoms with E-state index < -0.39 is 23.6 Å². The summed E-state index contributed by atoms with van der Waals surface area (Å²) in [7, 11) is 0. The number of hydrogen-bond donors (Lipinski definition) is 1. The van der Waals surface area contributed by atoms with E-state index in [4.69, 9.17) is 0 Å². The number of para-hydroxylation sites is 2. The Morgan fingerprint density at radius 3 is 2.37 bits per heavy atom. The minimum absolute atomic E-state index is 0.0864. The van der Waals surface area contributed by atoms with E-state index in [1.807, 2.05) is 0 Å². The maximum atomic E-state index is 13.7. The Balaban J connectivity index is 1.60. The largest absolute Gasteiger partial charge is 0.437 e. The van der Waals surface area contributed by atoms with Crippen LogP contribution in [0.1, 0.15) is 18.5 Å². The van der Waals surface area contributed by atoms with Gasteiger partial charge in [0.15, 0.2) is 11.5 Å². The van der Waals surface area contributed by atoms with Gasteiger partial charge in [0.05, 0.1) is 17.0 Å². The Morgan fingerprint density at radius 2 is 1.70 bits per heavy atom. The van der Waals surface area contributed by atoms with Crippen molar-refractivity contribution in [3.05, 3.63) is 60.0 Å². The SMILES string of the molecule is O=C(Nc1ccc(F)cc1)C1CCCN(c2nc3ccccc3nc2C(F)(F)F)C1. The fraction of sp³-hybridized carbons (Fsp3) is 0.286. The highest BCUT2D eigenvalue weighted by molar-refractivity contribution is 5.93. The van der Waals surface area contributed by atoms with Crippen molar-refractivity contribution in [2.75, 3.05) is 23.3 Å². The van der Waals surface area contributed by atoms with Crippen molar-refractivity contribution in [3.63, 3.8) is 0 Å². The minimum atomic E-state index is -4.67. The second kappa shape index (κ2) is 7.89. The third-order valence-corrected chi connectivity index (χ3v) is 5.02. The molecule has 30 heavy (non-hydrogen) atoms. The van der Waals surface area contributed by atoms with Crippen LogP contribution < -0.4 is 10.2 Å². The summed E-state index contributed by atoms with van der Waals surface area (Å²) in [5.74, 6) is -1.54. The molecule has 0 radical (unpaired) electrons. The number of carbonyl (C=O) groups is 1. The van der Waals surface area contributed by atoms with Crippen LogP contribution in [0.5, 0.6) is 0 Å². The Labute approximate surface area is 169 Å². The van der Waals surface area contributed by atoms with Crippen LogP contribution in [0.2, 0.25) is 0 Å². The predicted molar refractivity (Wildman–Crippen MR) is 105 cm³/mol. The smallest absolute Gasteiger partial charge is 0.354 e. The Hall–Kier alpha value is -3.23.